The topological polar surface area (TPSA) is 79.7 Å². The fourth-order valence-corrected chi connectivity index (χ4v) is 3.84. The molecular weight excluding hydrogens is 362 g/mol. The molecule has 148 valence electrons. The highest BCUT2D eigenvalue weighted by Gasteiger charge is 2.28. The number of benzene rings is 1. The third-order valence-electron chi connectivity index (χ3n) is 4.23. The lowest BCUT2D eigenvalue weighted by Crippen LogP contribution is -2.17. The molecule has 0 aliphatic rings. The predicted octanol–water partition coefficient (Wildman–Crippen LogP) is 5.14. The minimum atomic E-state index is -0.940. The van der Waals surface area contributed by atoms with Crippen molar-refractivity contribution < 1.29 is 19.7 Å². The fourth-order valence-electron chi connectivity index (χ4n) is 2.86. The smallest absolute Gasteiger partial charge is 0.309 e. The first-order valence-corrected chi connectivity index (χ1v) is 9.89. The van der Waals surface area contributed by atoms with Crippen LogP contribution in [0.1, 0.15) is 65.3 Å². The summed E-state index contributed by atoms with van der Waals surface area (Å²) in [7, 11) is 0. The van der Waals surface area contributed by atoms with Gasteiger partial charge in [-0.1, -0.05) is 52.9 Å². The maximum absolute atomic E-state index is 11.2. The molecule has 0 fully saturated rings. The fraction of sp³-hybridized carbons (Fsp3) is 0.524. The summed E-state index contributed by atoms with van der Waals surface area (Å²) in [6, 6.07) is 3.90. The van der Waals surface area contributed by atoms with E-state index in [4.69, 9.17) is 9.84 Å². The molecule has 0 amide bonds. The van der Waals surface area contributed by atoms with Crippen molar-refractivity contribution in [2.24, 2.45) is 0 Å². The van der Waals surface area contributed by atoms with E-state index in [0.717, 1.165) is 16.7 Å². The van der Waals surface area contributed by atoms with Crippen LogP contribution in [0.25, 0.3) is 10.6 Å². The van der Waals surface area contributed by atoms with Gasteiger partial charge in [0.15, 0.2) is 5.06 Å². The van der Waals surface area contributed by atoms with E-state index in [0.29, 0.717) is 28.1 Å². The van der Waals surface area contributed by atoms with Gasteiger partial charge in [0.1, 0.15) is 16.5 Å². The van der Waals surface area contributed by atoms with Gasteiger partial charge >= 0.3 is 5.97 Å². The van der Waals surface area contributed by atoms with Gasteiger partial charge in [-0.15, -0.1) is 0 Å². The van der Waals surface area contributed by atoms with Gasteiger partial charge in [0.2, 0.25) is 0 Å². The van der Waals surface area contributed by atoms with Crippen molar-refractivity contribution in [2.75, 3.05) is 6.61 Å². The standard InChI is InChI=1S/C21H29NO4S/c1-8-26-19-15(11-16(23)24)22-18(27-19)12-9-13(20(2,3)4)17(25)14(10-12)21(5,6)7/h9-10,25H,8,11H2,1-7H3,(H,23,24). The Labute approximate surface area is 165 Å². The molecule has 2 aromatic rings. The first-order valence-electron chi connectivity index (χ1n) is 9.07. The van der Waals surface area contributed by atoms with E-state index in [-0.39, 0.29) is 17.3 Å². The van der Waals surface area contributed by atoms with E-state index in [1.165, 1.54) is 11.3 Å². The highest BCUT2D eigenvalue weighted by Crippen LogP contribution is 2.43. The number of carboxylic acids is 1. The highest BCUT2D eigenvalue weighted by molar-refractivity contribution is 7.17. The van der Waals surface area contributed by atoms with Crippen molar-refractivity contribution in [3.8, 4) is 21.4 Å². The molecule has 0 saturated carbocycles. The Kier molecular flexibility index (Phi) is 5.90. The largest absolute Gasteiger partial charge is 0.507 e. The van der Waals surface area contributed by atoms with Crippen LogP contribution in [0.15, 0.2) is 12.1 Å². The Balaban J connectivity index is 2.69. The zero-order valence-corrected chi connectivity index (χ0v) is 18.0. The first kappa shape index (κ1) is 21.2. The summed E-state index contributed by atoms with van der Waals surface area (Å²) in [6.07, 6.45) is -0.178. The van der Waals surface area contributed by atoms with Crippen molar-refractivity contribution in [2.45, 2.75) is 65.7 Å². The number of aromatic nitrogens is 1. The number of phenols is 1. The van der Waals surface area contributed by atoms with E-state index in [2.05, 4.69) is 46.5 Å². The number of nitrogens with zero attached hydrogens (tertiary/aromatic N) is 1. The molecule has 0 aliphatic heterocycles. The van der Waals surface area contributed by atoms with Crippen LogP contribution < -0.4 is 4.74 Å². The quantitative estimate of drug-likeness (QED) is 0.738. The summed E-state index contributed by atoms with van der Waals surface area (Å²) in [6.45, 7) is 14.7. The molecule has 6 heteroatoms. The molecule has 0 bridgehead atoms. The lowest BCUT2D eigenvalue weighted by atomic mass is 9.78. The Bertz CT molecular complexity index is 806. The number of phenolic OH excluding ortho intramolecular Hbond substituents is 1. The van der Waals surface area contributed by atoms with E-state index in [1.54, 1.807) is 0 Å². The maximum atomic E-state index is 11.2. The summed E-state index contributed by atoms with van der Waals surface area (Å²) in [4.78, 5) is 15.7. The number of hydrogen-bond donors (Lipinski definition) is 2. The zero-order chi connectivity index (χ0) is 20.6. The van der Waals surface area contributed by atoms with Crippen molar-refractivity contribution in [3.05, 3.63) is 29.0 Å². The molecular formula is C21H29NO4S. The van der Waals surface area contributed by atoms with Crippen LogP contribution >= 0.6 is 11.3 Å². The molecule has 1 aromatic carbocycles. The average molecular weight is 392 g/mol. The molecule has 0 radical (unpaired) electrons. The lowest BCUT2D eigenvalue weighted by Gasteiger charge is -2.28. The Morgan fingerprint density at radius 2 is 1.63 bits per heavy atom. The molecule has 0 spiro atoms. The second kappa shape index (κ2) is 7.50. The summed E-state index contributed by atoms with van der Waals surface area (Å²) in [5.74, 6) is -0.629. The van der Waals surface area contributed by atoms with Crippen LogP contribution in [0.3, 0.4) is 0 Å². The van der Waals surface area contributed by atoms with Gasteiger partial charge in [-0.05, 0) is 29.9 Å². The minimum absolute atomic E-state index is 0.178. The zero-order valence-electron chi connectivity index (χ0n) is 17.1. The number of carbonyl (C=O) groups is 1. The Morgan fingerprint density at radius 3 is 2.04 bits per heavy atom. The number of rotatable bonds is 5. The maximum Gasteiger partial charge on any atom is 0.309 e. The van der Waals surface area contributed by atoms with E-state index >= 15 is 0 Å². The number of hydrogen-bond acceptors (Lipinski definition) is 5. The number of aromatic hydroxyl groups is 1. The molecule has 0 unspecified atom stereocenters. The number of aliphatic carboxylic acids is 1. The number of ether oxygens (including phenoxy) is 1. The van der Waals surface area contributed by atoms with Gasteiger partial charge < -0.3 is 14.9 Å². The monoisotopic (exact) mass is 391 g/mol. The Hall–Kier alpha value is -2.08. The van der Waals surface area contributed by atoms with E-state index in [9.17, 15) is 9.90 Å². The molecule has 27 heavy (non-hydrogen) atoms. The first-order chi connectivity index (χ1) is 12.3. The van der Waals surface area contributed by atoms with Crippen molar-refractivity contribution in [1.29, 1.82) is 0 Å². The molecule has 0 atom stereocenters. The van der Waals surface area contributed by atoms with Crippen LogP contribution in [-0.2, 0) is 22.0 Å². The molecule has 1 heterocycles. The highest BCUT2D eigenvalue weighted by atomic mass is 32.1. The predicted molar refractivity (Wildman–Crippen MR) is 109 cm³/mol. The van der Waals surface area contributed by atoms with Gasteiger partial charge in [0.25, 0.3) is 0 Å². The third-order valence-corrected chi connectivity index (χ3v) is 5.29. The molecule has 5 nitrogen and oxygen atoms in total. The van der Waals surface area contributed by atoms with Crippen molar-refractivity contribution in [3.63, 3.8) is 0 Å². The minimum Gasteiger partial charge on any atom is -0.507 e. The van der Waals surface area contributed by atoms with Crippen LogP contribution in [0.5, 0.6) is 10.8 Å². The van der Waals surface area contributed by atoms with Crippen LogP contribution in [0, 0.1) is 0 Å². The normalized spacial score (nSPS) is 12.3. The van der Waals surface area contributed by atoms with Crippen LogP contribution in [0.2, 0.25) is 0 Å². The summed E-state index contributed by atoms with van der Waals surface area (Å²) in [5, 5.41) is 21.3. The molecule has 1 aromatic heterocycles. The number of carboxylic acid groups (broad SMARTS) is 1. The Morgan fingerprint density at radius 1 is 1.11 bits per heavy atom. The van der Waals surface area contributed by atoms with E-state index < -0.39 is 5.97 Å². The van der Waals surface area contributed by atoms with Gasteiger partial charge in [0.05, 0.1) is 13.0 Å². The van der Waals surface area contributed by atoms with Gasteiger partial charge in [-0.2, -0.15) is 0 Å². The summed E-state index contributed by atoms with van der Waals surface area (Å²) < 4.78 is 5.60. The molecule has 2 rings (SSSR count). The average Bonchev–Trinajstić information content (AvgIpc) is 2.87. The summed E-state index contributed by atoms with van der Waals surface area (Å²) >= 11 is 1.35. The molecule has 0 aliphatic carbocycles. The number of thiazole rings is 1. The van der Waals surface area contributed by atoms with Crippen LogP contribution in [0.4, 0.5) is 0 Å². The van der Waals surface area contributed by atoms with E-state index in [1.807, 2.05) is 19.1 Å². The van der Waals surface area contributed by atoms with Crippen LogP contribution in [-0.4, -0.2) is 27.8 Å². The second-order valence-electron chi connectivity index (χ2n) is 8.68. The lowest BCUT2D eigenvalue weighted by molar-refractivity contribution is -0.136. The summed E-state index contributed by atoms with van der Waals surface area (Å²) in [5.41, 5.74) is 2.50. The molecule has 0 saturated heterocycles. The van der Waals surface area contributed by atoms with Crippen molar-refractivity contribution in [1.82, 2.24) is 4.98 Å². The third kappa shape index (κ3) is 4.80. The van der Waals surface area contributed by atoms with Gasteiger partial charge in [-0.25, -0.2) is 4.98 Å². The SMILES string of the molecule is CCOc1sc(-c2cc(C(C)(C)C)c(O)c(C(C)(C)C)c2)nc1CC(=O)O. The van der Waals surface area contributed by atoms with Crippen molar-refractivity contribution >= 4 is 17.3 Å². The van der Waals surface area contributed by atoms with Gasteiger partial charge in [0, 0.05) is 16.7 Å². The second-order valence-corrected chi connectivity index (χ2v) is 9.64. The molecule has 2 N–H and O–H groups in total. The van der Waals surface area contributed by atoms with Gasteiger partial charge in [-0.3, -0.25) is 4.79 Å².